The van der Waals surface area contributed by atoms with Crippen LogP contribution in [0.3, 0.4) is 0 Å². The smallest absolute Gasteiger partial charge is 0.350 e. The maximum absolute atomic E-state index is 11.4. The summed E-state index contributed by atoms with van der Waals surface area (Å²) in [7, 11) is 2.16. The highest BCUT2D eigenvalue weighted by molar-refractivity contribution is 6.03. The van der Waals surface area contributed by atoms with Crippen LogP contribution in [0.25, 0.3) is 0 Å². The van der Waals surface area contributed by atoms with Crippen molar-refractivity contribution in [2.24, 2.45) is 0 Å². The number of nitrogens with zero attached hydrogens (tertiary/aromatic N) is 1. The molecular formula is C11H13NO5. The lowest BCUT2D eigenvalue weighted by Crippen LogP contribution is -2.50. The van der Waals surface area contributed by atoms with Gasteiger partial charge in [0.1, 0.15) is 0 Å². The van der Waals surface area contributed by atoms with Crippen molar-refractivity contribution in [3.05, 3.63) is 30.1 Å². The minimum Gasteiger partial charge on any atom is -0.466 e. The molecule has 0 spiro atoms. The van der Waals surface area contributed by atoms with E-state index in [1.807, 2.05) is 0 Å². The molecule has 1 aromatic heterocycles. The van der Waals surface area contributed by atoms with Crippen molar-refractivity contribution in [2.75, 3.05) is 14.2 Å². The Labute approximate surface area is 98.2 Å². The number of methoxy groups -OCH3 is 2. The molecule has 1 N–H and O–H groups in total. The number of hydrogen-bond donors (Lipinski definition) is 1. The summed E-state index contributed by atoms with van der Waals surface area (Å²) in [5, 5.41) is 10.0. The van der Waals surface area contributed by atoms with Crippen LogP contribution in [0.5, 0.6) is 0 Å². The fourth-order valence-electron chi connectivity index (χ4n) is 1.33. The molecule has 0 radical (unpaired) electrons. The van der Waals surface area contributed by atoms with E-state index in [-0.39, 0.29) is 6.42 Å². The average Bonchev–Trinajstić information content (AvgIpc) is 2.37. The number of esters is 2. The van der Waals surface area contributed by atoms with Crippen LogP contribution in [0.2, 0.25) is 0 Å². The van der Waals surface area contributed by atoms with Crippen LogP contribution >= 0.6 is 0 Å². The second-order valence-corrected chi connectivity index (χ2v) is 3.34. The molecule has 0 aliphatic carbocycles. The highest BCUT2D eigenvalue weighted by Gasteiger charge is 2.47. The molecule has 92 valence electrons. The molecule has 0 aliphatic heterocycles. The van der Waals surface area contributed by atoms with Crippen LogP contribution in [-0.2, 0) is 25.5 Å². The zero-order valence-electron chi connectivity index (χ0n) is 9.54. The number of pyridine rings is 1. The molecule has 0 unspecified atom stereocenters. The van der Waals surface area contributed by atoms with Crippen molar-refractivity contribution in [1.82, 2.24) is 4.98 Å². The molecule has 0 atom stereocenters. The van der Waals surface area contributed by atoms with Crippen molar-refractivity contribution in [3.8, 4) is 0 Å². The first-order chi connectivity index (χ1) is 8.04. The van der Waals surface area contributed by atoms with E-state index in [1.165, 1.54) is 6.20 Å². The van der Waals surface area contributed by atoms with Gasteiger partial charge in [0.2, 0.25) is 0 Å². The summed E-state index contributed by atoms with van der Waals surface area (Å²) in [5.41, 5.74) is -1.98. The van der Waals surface area contributed by atoms with E-state index in [9.17, 15) is 14.7 Å². The fourth-order valence-corrected chi connectivity index (χ4v) is 1.33. The largest absolute Gasteiger partial charge is 0.466 e. The van der Waals surface area contributed by atoms with Gasteiger partial charge in [-0.1, -0.05) is 6.07 Å². The molecule has 0 amide bonds. The second kappa shape index (κ2) is 5.40. The maximum atomic E-state index is 11.4. The van der Waals surface area contributed by atoms with Gasteiger partial charge in [-0.3, -0.25) is 4.98 Å². The highest BCUT2D eigenvalue weighted by Crippen LogP contribution is 2.15. The molecule has 1 rings (SSSR count). The molecular weight excluding hydrogens is 226 g/mol. The summed E-state index contributed by atoms with van der Waals surface area (Å²) in [6, 6.07) is 4.94. The van der Waals surface area contributed by atoms with Gasteiger partial charge in [0.25, 0.3) is 5.60 Å². The van der Waals surface area contributed by atoms with E-state index in [0.29, 0.717) is 5.69 Å². The van der Waals surface area contributed by atoms with Crippen LogP contribution in [0, 0.1) is 0 Å². The molecule has 0 saturated heterocycles. The summed E-state index contributed by atoms with van der Waals surface area (Å²) >= 11 is 0. The van der Waals surface area contributed by atoms with Crippen molar-refractivity contribution in [3.63, 3.8) is 0 Å². The number of carbonyl (C=O) groups is 2. The Bertz CT molecular complexity index is 388. The molecule has 1 heterocycles. The van der Waals surface area contributed by atoms with Crippen molar-refractivity contribution in [2.45, 2.75) is 12.0 Å². The molecule has 6 nitrogen and oxygen atoms in total. The zero-order valence-corrected chi connectivity index (χ0v) is 9.54. The van der Waals surface area contributed by atoms with Crippen molar-refractivity contribution < 1.29 is 24.2 Å². The number of carbonyl (C=O) groups excluding carboxylic acids is 2. The third kappa shape index (κ3) is 2.79. The molecule has 0 bridgehead atoms. The van der Waals surface area contributed by atoms with Gasteiger partial charge in [0.05, 0.1) is 14.2 Å². The lowest BCUT2D eigenvalue weighted by molar-refractivity contribution is -0.180. The first-order valence-corrected chi connectivity index (χ1v) is 4.83. The van der Waals surface area contributed by atoms with Gasteiger partial charge in [0.15, 0.2) is 0 Å². The second-order valence-electron chi connectivity index (χ2n) is 3.34. The van der Waals surface area contributed by atoms with Crippen LogP contribution < -0.4 is 0 Å². The monoisotopic (exact) mass is 239 g/mol. The van der Waals surface area contributed by atoms with Gasteiger partial charge in [-0.15, -0.1) is 0 Å². The first kappa shape index (κ1) is 13.1. The van der Waals surface area contributed by atoms with E-state index in [0.717, 1.165) is 14.2 Å². The number of ether oxygens (including phenoxy) is 2. The molecule has 0 aliphatic rings. The SMILES string of the molecule is COC(=O)C(O)(Cc1ccccn1)C(=O)OC. The van der Waals surface area contributed by atoms with Gasteiger partial charge in [-0.05, 0) is 12.1 Å². The van der Waals surface area contributed by atoms with Crippen LogP contribution in [-0.4, -0.2) is 41.8 Å². The number of hydrogen-bond acceptors (Lipinski definition) is 6. The third-order valence-electron chi connectivity index (χ3n) is 2.21. The molecule has 0 saturated carbocycles. The third-order valence-corrected chi connectivity index (χ3v) is 2.21. The molecule has 0 aromatic carbocycles. The van der Waals surface area contributed by atoms with Gasteiger partial charge in [0, 0.05) is 18.3 Å². The minimum absolute atomic E-state index is 0.298. The van der Waals surface area contributed by atoms with Crippen molar-refractivity contribution in [1.29, 1.82) is 0 Å². The Morgan fingerprint density at radius 2 is 1.88 bits per heavy atom. The number of aromatic nitrogens is 1. The van der Waals surface area contributed by atoms with Gasteiger partial charge < -0.3 is 14.6 Å². The van der Waals surface area contributed by atoms with E-state index in [2.05, 4.69) is 14.5 Å². The van der Waals surface area contributed by atoms with Crippen molar-refractivity contribution >= 4 is 11.9 Å². The quantitative estimate of drug-likeness (QED) is 0.573. The molecule has 0 fully saturated rings. The first-order valence-electron chi connectivity index (χ1n) is 4.83. The van der Waals surface area contributed by atoms with E-state index in [4.69, 9.17) is 0 Å². The topological polar surface area (TPSA) is 85.7 Å². The lowest BCUT2D eigenvalue weighted by atomic mass is 9.97. The lowest BCUT2D eigenvalue weighted by Gasteiger charge is -2.21. The molecule has 1 aromatic rings. The molecule has 17 heavy (non-hydrogen) atoms. The summed E-state index contributed by atoms with van der Waals surface area (Å²) in [4.78, 5) is 26.8. The van der Waals surface area contributed by atoms with Gasteiger partial charge >= 0.3 is 11.9 Å². The zero-order chi connectivity index (χ0) is 12.9. The van der Waals surface area contributed by atoms with Gasteiger partial charge in [-0.2, -0.15) is 0 Å². The minimum atomic E-state index is -2.36. The predicted octanol–water partition coefficient (Wildman–Crippen LogP) is -0.299. The normalized spacial score (nSPS) is 10.8. The predicted molar refractivity (Wildman–Crippen MR) is 56.9 cm³/mol. The van der Waals surface area contributed by atoms with Crippen LogP contribution in [0.1, 0.15) is 5.69 Å². The van der Waals surface area contributed by atoms with E-state index >= 15 is 0 Å². The van der Waals surface area contributed by atoms with Crippen LogP contribution in [0.15, 0.2) is 24.4 Å². The maximum Gasteiger partial charge on any atom is 0.350 e. The standard InChI is InChI=1S/C11H13NO5/c1-16-9(13)11(15,10(14)17-2)7-8-5-3-4-6-12-8/h3-6,15H,7H2,1-2H3. The average molecular weight is 239 g/mol. The Hall–Kier alpha value is -1.95. The molecule has 6 heteroatoms. The summed E-state index contributed by atoms with van der Waals surface area (Å²) < 4.78 is 8.79. The summed E-state index contributed by atoms with van der Waals surface area (Å²) in [6.45, 7) is 0. The Morgan fingerprint density at radius 3 is 2.29 bits per heavy atom. The van der Waals surface area contributed by atoms with E-state index < -0.39 is 17.5 Å². The van der Waals surface area contributed by atoms with Gasteiger partial charge in [-0.25, -0.2) is 9.59 Å². The Morgan fingerprint density at radius 1 is 1.29 bits per heavy atom. The van der Waals surface area contributed by atoms with Crippen LogP contribution in [0.4, 0.5) is 0 Å². The Kier molecular flexibility index (Phi) is 4.17. The fraction of sp³-hybridized carbons (Fsp3) is 0.364. The summed E-state index contributed by atoms with van der Waals surface area (Å²) in [5.74, 6) is -2.15. The van der Waals surface area contributed by atoms with E-state index in [1.54, 1.807) is 18.2 Å². The highest BCUT2D eigenvalue weighted by atomic mass is 16.6. The number of rotatable bonds is 4. The number of aliphatic hydroxyl groups is 1. The summed E-state index contributed by atoms with van der Waals surface area (Å²) in [6.07, 6.45) is 1.19. The Balaban J connectivity index is 3.00.